The summed E-state index contributed by atoms with van der Waals surface area (Å²) in [6, 6.07) is 7.17. The fraction of sp³-hybridized carbons (Fsp3) is 0.529. The van der Waals surface area contributed by atoms with Gasteiger partial charge < -0.3 is 10.2 Å². The number of carbonyl (C=O) groups excluding carboxylic acids is 2. The Hall–Kier alpha value is -1.68. The summed E-state index contributed by atoms with van der Waals surface area (Å²) in [6.45, 7) is 8.58. The quantitative estimate of drug-likeness (QED) is 0.823. The molecule has 4 heteroatoms. The second-order valence-corrected chi connectivity index (χ2v) is 6.43. The molecule has 0 unspecified atom stereocenters. The predicted octanol–water partition coefficient (Wildman–Crippen LogP) is 1.39. The normalized spacial score (nSPS) is 25.4. The summed E-state index contributed by atoms with van der Waals surface area (Å²) in [7, 11) is 0. The van der Waals surface area contributed by atoms with E-state index in [9.17, 15) is 9.59 Å². The minimum absolute atomic E-state index is 0.0139. The molecular weight excluding hydrogens is 264 g/mol. The molecule has 0 spiro atoms. The van der Waals surface area contributed by atoms with Gasteiger partial charge >= 0.3 is 0 Å². The van der Waals surface area contributed by atoms with Crippen LogP contribution in [-0.4, -0.2) is 31.3 Å². The highest BCUT2D eigenvalue weighted by molar-refractivity contribution is 6.03. The van der Waals surface area contributed by atoms with Gasteiger partial charge in [0.2, 0.25) is 0 Å². The highest BCUT2D eigenvalue weighted by Gasteiger charge is 2.26. The van der Waals surface area contributed by atoms with Crippen molar-refractivity contribution in [2.45, 2.75) is 27.2 Å². The first-order valence-electron chi connectivity index (χ1n) is 7.69. The number of likely N-dealkylation sites (tertiary alicyclic amines) is 1. The number of piperidine rings is 1. The lowest BCUT2D eigenvalue weighted by molar-refractivity contribution is -0.904. The van der Waals surface area contributed by atoms with Gasteiger partial charge in [-0.2, -0.15) is 0 Å². The van der Waals surface area contributed by atoms with Crippen molar-refractivity contribution in [1.82, 2.24) is 0 Å². The summed E-state index contributed by atoms with van der Waals surface area (Å²) < 4.78 is 0. The van der Waals surface area contributed by atoms with E-state index in [1.807, 2.05) is 12.1 Å². The fourth-order valence-corrected chi connectivity index (χ4v) is 3.39. The number of hydrogen-bond acceptors (Lipinski definition) is 2. The van der Waals surface area contributed by atoms with E-state index < -0.39 is 0 Å². The molecule has 1 amide bonds. The maximum absolute atomic E-state index is 12.2. The van der Waals surface area contributed by atoms with Crippen molar-refractivity contribution in [2.75, 3.05) is 25.0 Å². The average Bonchev–Trinajstić information content (AvgIpc) is 2.37. The molecule has 4 nitrogen and oxygen atoms in total. The van der Waals surface area contributed by atoms with Crippen LogP contribution in [0.2, 0.25) is 0 Å². The number of rotatable bonds is 4. The molecule has 114 valence electrons. The van der Waals surface area contributed by atoms with Gasteiger partial charge in [-0.1, -0.05) is 26.0 Å². The van der Waals surface area contributed by atoms with E-state index in [1.54, 1.807) is 12.1 Å². The molecule has 1 aliphatic rings. The number of carbonyl (C=O) groups is 2. The van der Waals surface area contributed by atoms with Crippen LogP contribution in [0.25, 0.3) is 0 Å². The molecule has 1 aromatic rings. The molecule has 0 saturated carbocycles. The average molecular weight is 289 g/mol. The molecular formula is C17H25N2O2+. The smallest absolute Gasteiger partial charge is 0.279 e. The van der Waals surface area contributed by atoms with E-state index in [0.29, 0.717) is 29.6 Å². The minimum atomic E-state index is -0.0292. The van der Waals surface area contributed by atoms with Crippen LogP contribution < -0.4 is 10.2 Å². The maximum atomic E-state index is 12.2. The van der Waals surface area contributed by atoms with E-state index in [0.717, 1.165) is 13.1 Å². The van der Waals surface area contributed by atoms with E-state index >= 15 is 0 Å². The first kappa shape index (κ1) is 15.7. The summed E-state index contributed by atoms with van der Waals surface area (Å²) in [4.78, 5) is 25.1. The van der Waals surface area contributed by atoms with Crippen molar-refractivity contribution in [2.24, 2.45) is 11.8 Å². The molecule has 1 aromatic carbocycles. The lowest BCUT2D eigenvalue weighted by Gasteiger charge is -2.31. The number of benzene rings is 1. The number of quaternary nitrogens is 1. The fourth-order valence-electron chi connectivity index (χ4n) is 3.39. The highest BCUT2D eigenvalue weighted by atomic mass is 16.2. The van der Waals surface area contributed by atoms with Crippen LogP contribution in [0.4, 0.5) is 5.69 Å². The SMILES string of the molecule is CC(=O)c1ccccc1NC(=O)C[NH+]1C[C@H](C)C[C@@H](C)C1. The molecule has 1 fully saturated rings. The Morgan fingerprint density at radius 2 is 1.81 bits per heavy atom. The zero-order chi connectivity index (χ0) is 15.4. The van der Waals surface area contributed by atoms with Crippen molar-refractivity contribution < 1.29 is 14.5 Å². The predicted molar refractivity (Wildman–Crippen MR) is 83.6 cm³/mol. The molecule has 2 rings (SSSR count). The Labute approximate surface area is 126 Å². The number of anilines is 1. The van der Waals surface area contributed by atoms with Crippen LogP contribution in [0, 0.1) is 11.8 Å². The number of ketones is 1. The first-order chi connectivity index (χ1) is 9.95. The molecule has 1 saturated heterocycles. The van der Waals surface area contributed by atoms with Crippen LogP contribution in [0.3, 0.4) is 0 Å². The van der Waals surface area contributed by atoms with E-state index in [1.165, 1.54) is 18.2 Å². The Kier molecular flexibility index (Phi) is 5.12. The van der Waals surface area contributed by atoms with Gasteiger partial charge in [0.25, 0.3) is 5.91 Å². The molecule has 1 heterocycles. The number of Topliss-reactive ketones (excluding diaryl/α,β-unsaturated/α-hetero) is 1. The molecule has 2 atom stereocenters. The summed E-state index contributed by atoms with van der Waals surface area (Å²) in [5.74, 6) is 1.29. The van der Waals surface area contributed by atoms with Crippen molar-refractivity contribution in [3.63, 3.8) is 0 Å². The third kappa shape index (κ3) is 4.39. The Morgan fingerprint density at radius 3 is 2.43 bits per heavy atom. The van der Waals surface area contributed by atoms with Gasteiger partial charge in [-0.3, -0.25) is 9.59 Å². The van der Waals surface area contributed by atoms with E-state index in [4.69, 9.17) is 0 Å². The van der Waals surface area contributed by atoms with Crippen LogP contribution in [-0.2, 0) is 4.79 Å². The monoisotopic (exact) mass is 289 g/mol. The van der Waals surface area contributed by atoms with Gasteiger partial charge in [0, 0.05) is 17.4 Å². The van der Waals surface area contributed by atoms with Crippen molar-refractivity contribution in [3.05, 3.63) is 29.8 Å². The molecule has 0 bridgehead atoms. The van der Waals surface area contributed by atoms with Gasteiger partial charge in [0.05, 0.1) is 18.8 Å². The second-order valence-electron chi connectivity index (χ2n) is 6.43. The lowest BCUT2D eigenvalue weighted by atomic mass is 9.92. The Balaban J connectivity index is 1.97. The summed E-state index contributed by atoms with van der Waals surface area (Å²) in [6.07, 6.45) is 1.25. The number of para-hydroxylation sites is 1. The number of hydrogen-bond donors (Lipinski definition) is 2. The highest BCUT2D eigenvalue weighted by Crippen LogP contribution is 2.15. The third-order valence-corrected chi connectivity index (χ3v) is 4.07. The minimum Gasteiger partial charge on any atom is -0.327 e. The third-order valence-electron chi connectivity index (χ3n) is 4.07. The van der Waals surface area contributed by atoms with Crippen molar-refractivity contribution in [1.29, 1.82) is 0 Å². The first-order valence-corrected chi connectivity index (χ1v) is 7.69. The molecule has 0 radical (unpaired) electrons. The molecule has 21 heavy (non-hydrogen) atoms. The Bertz CT molecular complexity index is 517. The van der Waals surface area contributed by atoms with Gasteiger partial charge in [-0.15, -0.1) is 0 Å². The van der Waals surface area contributed by atoms with Gasteiger partial charge in [-0.25, -0.2) is 0 Å². The number of nitrogens with one attached hydrogen (secondary N) is 2. The zero-order valence-corrected chi connectivity index (χ0v) is 13.1. The molecule has 0 aromatic heterocycles. The van der Waals surface area contributed by atoms with Crippen molar-refractivity contribution in [3.8, 4) is 0 Å². The largest absolute Gasteiger partial charge is 0.327 e. The lowest BCUT2D eigenvalue weighted by Crippen LogP contribution is -3.15. The Morgan fingerprint density at radius 1 is 1.19 bits per heavy atom. The zero-order valence-electron chi connectivity index (χ0n) is 13.1. The van der Waals surface area contributed by atoms with E-state index in [-0.39, 0.29) is 11.7 Å². The van der Waals surface area contributed by atoms with Crippen LogP contribution in [0.1, 0.15) is 37.6 Å². The summed E-state index contributed by atoms with van der Waals surface area (Å²) in [5.41, 5.74) is 1.19. The van der Waals surface area contributed by atoms with Crippen LogP contribution in [0.5, 0.6) is 0 Å². The maximum Gasteiger partial charge on any atom is 0.279 e. The van der Waals surface area contributed by atoms with Crippen molar-refractivity contribution >= 4 is 17.4 Å². The van der Waals surface area contributed by atoms with Gasteiger partial charge in [-0.05, 0) is 25.5 Å². The van der Waals surface area contributed by atoms with Crippen LogP contribution >= 0.6 is 0 Å². The topological polar surface area (TPSA) is 50.6 Å². The van der Waals surface area contributed by atoms with E-state index in [2.05, 4.69) is 19.2 Å². The summed E-state index contributed by atoms with van der Waals surface area (Å²) in [5, 5.41) is 2.89. The molecule has 0 aliphatic carbocycles. The standard InChI is InChI=1S/C17H24N2O2/c1-12-8-13(2)10-19(9-12)11-17(21)18-16-7-5-4-6-15(16)14(3)20/h4-7,12-13H,8-11H2,1-3H3,(H,18,21)/p+1/t12-,13-/m1/s1. The summed E-state index contributed by atoms with van der Waals surface area (Å²) >= 11 is 0. The van der Waals surface area contributed by atoms with Gasteiger partial charge in [0.15, 0.2) is 12.3 Å². The number of amides is 1. The second kappa shape index (κ2) is 6.85. The molecule has 1 aliphatic heterocycles. The van der Waals surface area contributed by atoms with Crippen LogP contribution in [0.15, 0.2) is 24.3 Å². The molecule has 2 N–H and O–H groups in total. The van der Waals surface area contributed by atoms with Gasteiger partial charge in [0.1, 0.15) is 0 Å².